The van der Waals surface area contributed by atoms with Gasteiger partial charge in [0, 0.05) is 41.4 Å². The maximum Gasteiger partial charge on any atom is 0.410 e. The summed E-state index contributed by atoms with van der Waals surface area (Å²) in [7, 11) is 0. The molecule has 0 aliphatic carbocycles. The lowest BCUT2D eigenvalue weighted by atomic mass is 9.99. The fourth-order valence-corrected chi connectivity index (χ4v) is 6.40. The van der Waals surface area contributed by atoms with Crippen LogP contribution < -0.4 is 0 Å². The van der Waals surface area contributed by atoms with E-state index in [9.17, 15) is 9.18 Å². The molecule has 2 aromatic carbocycles. The molecule has 0 bridgehead atoms. The van der Waals surface area contributed by atoms with E-state index in [0.717, 1.165) is 45.0 Å². The largest absolute Gasteiger partial charge is 0.444 e. The van der Waals surface area contributed by atoms with Crippen molar-refractivity contribution in [2.75, 3.05) is 13.1 Å². The zero-order valence-electron chi connectivity index (χ0n) is 25.4. The number of aryl methyl sites for hydroxylation is 1. The second-order valence-corrected chi connectivity index (χ2v) is 12.8. The van der Waals surface area contributed by atoms with Crippen LogP contribution in [0.25, 0.3) is 44.3 Å². The average Bonchev–Trinajstić information content (AvgIpc) is 3.63. The van der Waals surface area contributed by atoms with Crippen LogP contribution in [0.4, 0.5) is 13.6 Å². The van der Waals surface area contributed by atoms with Gasteiger partial charge in [-0.15, -0.1) is 11.3 Å². The van der Waals surface area contributed by atoms with Crippen molar-refractivity contribution in [2.24, 2.45) is 0 Å². The monoisotopic (exact) mass is 612 g/mol. The van der Waals surface area contributed by atoms with Gasteiger partial charge in [-0.2, -0.15) is 0 Å². The lowest BCUT2D eigenvalue weighted by molar-refractivity contribution is 0.0270. The summed E-state index contributed by atoms with van der Waals surface area (Å²) in [6, 6.07) is 13.9. The van der Waals surface area contributed by atoms with Gasteiger partial charge in [0.15, 0.2) is 0 Å². The van der Waals surface area contributed by atoms with E-state index in [1.807, 2.05) is 67.9 Å². The maximum absolute atomic E-state index is 16.3. The summed E-state index contributed by atoms with van der Waals surface area (Å²) < 4.78 is 37.2. The number of pyridine rings is 1. The Hall–Kier alpha value is -4.37. The van der Waals surface area contributed by atoms with Crippen LogP contribution in [0.2, 0.25) is 0 Å². The minimum Gasteiger partial charge on any atom is -0.444 e. The van der Waals surface area contributed by atoms with Gasteiger partial charge >= 0.3 is 6.09 Å². The Morgan fingerprint density at radius 3 is 2.41 bits per heavy atom. The maximum atomic E-state index is 16.3. The molecular formula is C35H34F2N4O2S. The van der Waals surface area contributed by atoms with E-state index in [1.165, 1.54) is 23.5 Å². The SMILES string of the molecule is CCc1nc2ccc(C3=CCN(C(=O)OC(C)(C)C)CC3)cn2c1-c1ccc(-c2nc(-c3ccc(F)cc3)cs2)c(C)c1F. The van der Waals surface area contributed by atoms with E-state index in [4.69, 9.17) is 14.7 Å². The highest BCUT2D eigenvalue weighted by atomic mass is 32.1. The Labute approximate surface area is 259 Å². The highest BCUT2D eigenvalue weighted by Gasteiger charge is 2.25. The number of imidazole rings is 1. The highest BCUT2D eigenvalue weighted by molar-refractivity contribution is 7.13. The highest BCUT2D eigenvalue weighted by Crippen LogP contribution is 2.37. The molecule has 0 saturated heterocycles. The number of rotatable bonds is 5. The van der Waals surface area contributed by atoms with Crippen molar-refractivity contribution in [2.45, 2.75) is 53.1 Å². The summed E-state index contributed by atoms with van der Waals surface area (Å²) in [6.45, 7) is 10.4. The van der Waals surface area contributed by atoms with Crippen LogP contribution in [0, 0.1) is 18.6 Å². The number of carbonyl (C=O) groups excluding carboxylic acids is 1. The molecule has 1 aliphatic rings. The Morgan fingerprint density at radius 2 is 1.73 bits per heavy atom. The molecule has 1 amide bonds. The molecule has 6 rings (SSSR count). The molecular weight excluding hydrogens is 578 g/mol. The molecule has 0 atom stereocenters. The van der Waals surface area contributed by atoms with Gasteiger partial charge < -0.3 is 9.64 Å². The number of carbonyl (C=O) groups is 1. The predicted octanol–water partition coefficient (Wildman–Crippen LogP) is 8.97. The molecule has 9 heteroatoms. The Morgan fingerprint density at radius 1 is 1.00 bits per heavy atom. The normalized spacial score (nSPS) is 13.8. The van der Waals surface area contributed by atoms with Crippen molar-refractivity contribution < 1.29 is 18.3 Å². The van der Waals surface area contributed by atoms with Crippen molar-refractivity contribution >= 4 is 28.7 Å². The van der Waals surface area contributed by atoms with E-state index in [2.05, 4.69) is 6.08 Å². The fourth-order valence-electron chi connectivity index (χ4n) is 5.49. The average molecular weight is 613 g/mol. The number of fused-ring (bicyclic) bond motifs is 1. The van der Waals surface area contributed by atoms with Crippen molar-refractivity contribution in [1.82, 2.24) is 19.3 Å². The van der Waals surface area contributed by atoms with Crippen molar-refractivity contribution in [1.29, 1.82) is 0 Å². The zero-order chi connectivity index (χ0) is 31.2. The molecule has 3 aromatic heterocycles. The lowest BCUT2D eigenvalue weighted by Crippen LogP contribution is -2.39. The first-order valence-corrected chi connectivity index (χ1v) is 15.6. The summed E-state index contributed by atoms with van der Waals surface area (Å²) in [5.74, 6) is -0.614. The third-order valence-electron chi connectivity index (χ3n) is 7.77. The van der Waals surface area contributed by atoms with Crippen LogP contribution in [-0.4, -0.2) is 44.1 Å². The first kappa shape index (κ1) is 29.7. The number of nitrogens with zero attached hydrogens (tertiary/aromatic N) is 4. The first-order valence-electron chi connectivity index (χ1n) is 14.7. The number of halogens is 2. The quantitative estimate of drug-likeness (QED) is 0.199. The van der Waals surface area contributed by atoms with Crippen LogP contribution in [0.15, 0.2) is 66.2 Å². The minimum atomic E-state index is -0.542. The van der Waals surface area contributed by atoms with Gasteiger partial charge in [-0.05, 0) is 99.7 Å². The van der Waals surface area contributed by atoms with Gasteiger partial charge in [0.05, 0.1) is 17.1 Å². The van der Waals surface area contributed by atoms with Gasteiger partial charge in [-0.1, -0.05) is 19.1 Å². The lowest BCUT2D eigenvalue weighted by Gasteiger charge is -2.29. The molecule has 0 spiro atoms. The van der Waals surface area contributed by atoms with Crippen LogP contribution in [0.3, 0.4) is 0 Å². The summed E-state index contributed by atoms with van der Waals surface area (Å²) >= 11 is 1.43. The first-order chi connectivity index (χ1) is 21.0. The molecule has 226 valence electrons. The second-order valence-electron chi connectivity index (χ2n) is 12.0. The Balaban J connectivity index is 1.33. The van der Waals surface area contributed by atoms with Crippen molar-refractivity contribution in [3.8, 4) is 33.1 Å². The van der Waals surface area contributed by atoms with Crippen molar-refractivity contribution in [3.05, 3.63) is 94.6 Å². The summed E-state index contributed by atoms with van der Waals surface area (Å²) in [5, 5.41) is 2.61. The van der Waals surface area contributed by atoms with Gasteiger partial charge in [-0.3, -0.25) is 4.40 Å². The molecule has 1 aliphatic heterocycles. The van der Waals surface area contributed by atoms with Gasteiger partial charge in [0.25, 0.3) is 0 Å². The zero-order valence-corrected chi connectivity index (χ0v) is 26.3. The number of hydrogen-bond donors (Lipinski definition) is 0. The van der Waals surface area contributed by atoms with Crippen LogP contribution in [0.1, 0.15) is 50.9 Å². The minimum absolute atomic E-state index is 0.302. The second kappa shape index (κ2) is 11.6. The third-order valence-corrected chi connectivity index (χ3v) is 8.65. The number of aromatic nitrogens is 3. The topological polar surface area (TPSA) is 59.7 Å². The molecule has 5 aromatic rings. The standard InChI is InChI=1S/C35H34F2N4O2S/c1-6-28-32(27-13-12-26(21(2)31(27)37)33-39-29(20-44-33)23-7-10-25(36)11-8-23)41-19-24(9-14-30(41)38-28)22-15-17-40(18-16-22)34(42)43-35(3,4)5/h7-15,19-20H,6,16-18H2,1-5H3. The molecule has 44 heavy (non-hydrogen) atoms. The number of thiazole rings is 1. The molecule has 0 unspecified atom stereocenters. The third kappa shape index (κ3) is 5.76. The molecule has 0 N–H and O–H groups in total. The number of amides is 1. The fraction of sp³-hybridized carbons (Fsp3) is 0.286. The molecule has 4 heterocycles. The Bertz CT molecular complexity index is 1900. The molecule has 0 saturated carbocycles. The van der Waals surface area contributed by atoms with Gasteiger partial charge in [0.2, 0.25) is 0 Å². The van der Waals surface area contributed by atoms with E-state index < -0.39 is 5.60 Å². The molecule has 0 radical (unpaired) electrons. The van der Waals surface area contributed by atoms with E-state index in [-0.39, 0.29) is 17.7 Å². The smallest absolute Gasteiger partial charge is 0.410 e. The predicted molar refractivity (Wildman–Crippen MR) is 172 cm³/mol. The van der Waals surface area contributed by atoms with E-state index in [1.54, 1.807) is 24.0 Å². The Kier molecular flexibility index (Phi) is 7.84. The summed E-state index contributed by atoms with van der Waals surface area (Å²) in [6.07, 6.45) is 5.09. The number of benzene rings is 2. The van der Waals surface area contributed by atoms with Crippen LogP contribution >= 0.6 is 11.3 Å². The molecule has 0 fully saturated rings. The summed E-state index contributed by atoms with van der Waals surface area (Å²) in [5.41, 5.74) is 7.13. The molecule has 6 nitrogen and oxygen atoms in total. The number of hydrogen-bond acceptors (Lipinski definition) is 5. The van der Waals surface area contributed by atoms with Gasteiger partial charge in [0.1, 0.15) is 27.9 Å². The number of ether oxygens (including phenoxy) is 1. The van der Waals surface area contributed by atoms with Crippen molar-refractivity contribution in [3.63, 3.8) is 0 Å². The van der Waals surface area contributed by atoms with E-state index >= 15 is 4.39 Å². The van der Waals surface area contributed by atoms with E-state index in [0.29, 0.717) is 42.1 Å². The summed E-state index contributed by atoms with van der Waals surface area (Å²) in [4.78, 5) is 23.8. The van der Waals surface area contributed by atoms with Gasteiger partial charge in [-0.25, -0.2) is 23.5 Å². The van der Waals surface area contributed by atoms with Crippen LogP contribution in [0.5, 0.6) is 0 Å². The van der Waals surface area contributed by atoms with Crippen LogP contribution in [-0.2, 0) is 11.2 Å².